The summed E-state index contributed by atoms with van der Waals surface area (Å²) >= 11 is -1.90. The average Bonchev–Trinajstić information content (AvgIpc) is 3.61. The van der Waals surface area contributed by atoms with Gasteiger partial charge in [-0.1, -0.05) is 17.9 Å². The number of aryl methyl sites for hydroxylation is 3. The van der Waals surface area contributed by atoms with Gasteiger partial charge < -0.3 is 8.98 Å². The summed E-state index contributed by atoms with van der Waals surface area (Å²) in [6, 6.07) is 25.2. The molecule has 0 aliphatic heterocycles. The monoisotopic (exact) mass is 918 g/mol. The molecule has 0 N–H and O–H groups in total. The van der Waals surface area contributed by atoms with Crippen LogP contribution >= 0.6 is 0 Å². The second-order valence-electron chi connectivity index (χ2n) is 16.7. The van der Waals surface area contributed by atoms with Crippen LogP contribution in [0.3, 0.4) is 0 Å². The van der Waals surface area contributed by atoms with Gasteiger partial charge >= 0.3 is 132 Å². The Hall–Kier alpha value is -3.65. The van der Waals surface area contributed by atoms with Crippen molar-refractivity contribution in [1.82, 2.24) is 24.5 Å². The molecule has 0 aliphatic carbocycles. The molecule has 5 aromatic heterocycles. The van der Waals surface area contributed by atoms with Crippen molar-refractivity contribution < 1.29 is 24.5 Å². The molecule has 0 bridgehead atoms. The molecule has 0 fully saturated rings. The van der Waals surface area contributed by atoms with E-state index in [4.69, 9.17) is 14.4 Å². The fourth-order valence-electron chi connectivity index (χ4n) is 6.83. The predicted octanol–water partition coefficient (Wildman–Crippen LogP) is 10.6. The van der Waals surface area contributed by atoms with E-state index in [9.17, 15) is 0 Å². The Bertz CT molecular complexity index is 2340. The molecule has 0 saturated carbocycles. The maximum Gasteiger partial charge on any atom is 0.216 e. The zero-order chi connectivity index (χ0) is 36.2. The molecule has 267 valence electrons. The molecule has 2 aromatic carbocycles. The van der Waals surface area contributed by atoms with Crippen molar-refractivity contribution in [2.75, 3.05) is 0 Å². The van der Waals surface area contributed by atoms with Crippen LogP contribution in [0.5, 0.6) is 0 Å². The Kier molecular flexibility index (Phi) is 10.9. The molecule has 0 amide bonds. The van der Waals surface area contributed by atoms with E-state index < -0.39 is 13.3 Å². The van der Waals surface area contributed by atoms with Crippen LogP contribution in [0.25, 0.3) is 55.7 Å². The number of imidazole rings is 1. The topological polar surface area (TPSA) is 69.6 Å². The van der Waals surface area contributed by atoms with E-state index in [-0.39, 0.29) is 25.6 Å². The molecule has 0 spiro atoms. The SMILES string of the molecule is CC(C)(C)Cc1cc(-c2[c-]cccc2)nc[c]1[Ge]([CH3])([CH3])[CH3].Cc1cc2nc(-c3[c-]cc(C)c4c3oc3ncccc34)n(C(C)(C)C)c2c(C)n1.[Ir]. The van der Waals surface area contributed by atoms with Gasteiger partial charge in [0.2, 0.25) is 5.71 Å². The van der Waals surface area contributed by atoms with E-state index in [2.05, 4.69) is 117 Å². The summed E-state index contributed by atoms with van der Waals surface area (Å²) in [6.45, 7) is 19.6. The maximum atomic E-state index is 6.23. The summed E-state index contributed by atoms with van der Waals surface area (Å²) in [7, 11) is 0. The molecule has 8 heteroatoms. The third-order valence-corrected chi connectivity index (χ3v) is 13.2. The van der Waals surface area contributed by atoms with Crippen molar-refractivity contribution in [3.05, 3.63) is 102 Å². The van der Waals surface area contributed by atoms with Gasteiger partial charge in [0.25, 0.3) is 0 Å². The summed E-state index contributed by atoms with van der Waals surface area (Å²) in [5.74, 6) is 8.17. The number of hydrogen-bond acceptors (Lipinski definition) is 5. The van der Waals surface area contributed by atoms with Crippen LogP contribution in [0.1, 0.15) is 64.1 Å². The van der Waals surface area contributed by atoms with Crippen molar-refractivity contribution in [2.24, 2.45) is 5.41 Å². The molecule has 6 nitrogen and oxygen atoms in total. The van der Waals surface area contributed by atoms with Crippen LogP contribution in [0.4, 0.5) is 0 Å². The molecule has 7 aromatic rings. The largest absolute Gasteiger partial charge is 0.486 e. The second-order valence-corrected chi connectivity index (χ2v) is 27.2. The molecule has 51 heavy (non-hydrogen) atoms. The van der Waals surface area contributed by atoms with Crippen molar-refractivity contribution >= 4 is 50.8 Å². The quantitative estimate of drug-likeness (QED) is 0.130. The zero-order valence-electron chi connectivity index (χ0n) is 32.0. The Morgan fingerprint density at radius 1 is 0.882 bits per heavy atom. The minimum atomic E-state index is -1.90. The van der Waals surface area contributed by atoms with Crippen LogP contribution in [0.2, 0.25) is 17.3 Å². The van der Waals surface area contributed by atoms with Crippen molar-refractivity contribution in [3.8, 4) is 22.6 Å². The molecule has 5 heterocycles. The van der Waals surface area contributed by atoms with Gasteiger partial charge in [-0.3, -0.25) is 9.97 Å². The number of hydrogen-bond donors (Lipinski definition) is 0. The van der Waals surface area contributed by atoms with Crippen LogP contribution in [0, 0.1) is 38.3 Å². The molecule has 0 aliphatic rings. The van der Waals surface area contributed by atoms with Crippen molar-refractivity contribution in [2.45, 2.75) is 91.5 Å². The fraction of sp³-hybridized carbons (Fsp3) is 0.349. The van der Waals surface area contributed by atoms with E-state index in [1.54, 1.807) is 6.20 Å². The molecular formula is C43H49GeIrN5O-2. The van der Waals surface area contributed by atoms with Gasteiger partial charge in [0.05, 0.1) is 28.1 Å². The van der Waals surface area contributed by atoms with Gasteiger partial charge in [-0.05, 0) is 52.8 Å². The minimum absolute atomic E-state index is 0. The first-order valence-electron chi connectivity index (χ1n) is 17.4. The number of fused-ring (bicyclic) bond motifs is 4. The number of pyridine rings is 3. The summed E-state index contributed by atoms with van der Waals surface area (Å²) in [6.07, 6.45) is 5.00. The van der Waals surface area contributed by atoms with Crippen LogP contribution < -0.4 is 4.40 Å². The third kappa shape index (κ3) is 8.06. The third-order valence-electron chi connectivity index (χ3n) is 8.86. The van der Waals surface area contributed by atoms with E-state index >= 15 is 0 Å². The normalized spacial score (nSPS) is 12.2. The number of benzene rings is 2. The van der Waals surface area contributed by atoms with Gasteiger partial charge in [-0.25, -0.2) is 4.98 Å². The Morgan fingerprint density at radius 2 is 1.63 bits per heavy atom. The van der Waals surface area contributed by atoms with E-state index in [0.29, 0.717) is 11.1 Å². The molecule has 1 radical (unpaired) electrons. The Balaban J connectivity index is 0.000000205. The first-order chi connectivity index (χ1) is 23.4. The Labute approximate surface area is 319 Å². The first-order valence-corrected chi connectivity index (χ1v) is 24.8. The predicted molar refractivity (Wildman–Crippen MR) is 211 cm³/mol. The van der Waals surface area contributed by atoms with Crippen LogP contribution in [-0.4, -0.2) is 37.8 Å². The summed E-state index contributed by atoms with van der Waals surface area (Å²) in [5, 5.41) is 2.09. The van der Waals surface area contributed by atoms with Crippen LogP contribution in [-0.2, 0) is 32.1 Å². The van der Waals surface area contributed by atoms with Crippen LogP contribution in [0.15, 0.2) is 71.4 Å². The Morgan fingerprint density at radius 3 is 2.27 bits per heavy atom. The minimum Gasteiger partial charge on any atom is -0.486 e. The number of furan rings is 1. The van der Waals surface area contributed by atoms with E-state index in [0.717, 1.165) is 73.4 Å². The van der Waals surface area contributed by atoms with Crippen molar-refractivity contribution in [1.29, 1.82) is 0 Å². The summed E-state index contributed by atoms with van der Waals surface area (Å²) in [5.41, 5.74) is 11.0. The zero-order valence-corrected chi connectivity index (χ0v) is 36.5. The first kappa shape index (κ1) is 38.6. The van der Waals surface area contributed by atoms with Gasteiger partial charge in [0, 0.05) is 42.9 Å². The van der Waals surface area contributed by atoms with E-state index in [1.165, 1.54) is 9.96 Å². The standard InChI is InChI=1S/C24H23N4O.C19H26GeN.Ir/c1-13-9-10-17(21-19(13)16-8-7-11-25-23(16)29-21)22-27-18-12-14(2)26-15(3)20(18)28(22)24(4,5)6;1-19(2,3)13-16-12-18(15-10-8-7-9-11-15)21-14-17(16)20(4,5)6;/h7-9,11-12H,1-6H3;7-10,12,14H,13H2,1-6H3;/q2*-1;. The van der Waals surface area contributed by atoms with Gasteiger partial charge in [0.15, 0.2) is 0 Å². The molecular weight excluding hydrogens is 867 g/mol. The van der Waals surface area contributed by atoms with Gasteiger partial charge in [-0.2, -0.15) is 0 Å². The second kappa shape index (κ2) is 14.4. The summed E-state index contributed by atoms with van der Waals surface area (Å²) < 4.78 is 10.0. The van der Waals surface area contributed by atoms with Gasteiger partial charge in [-0.15, -0.1) is 17.7 Å². The molecule has 0 atom stereocenters. The molecule has 7 rings (SSSR count). The number of nitrogens with zero attached hydrogens (tertiary/aromatic N) is 5. The number of aromatic nitrogens is 5. The average molecular weight is 917 g/mol. The molecule has 0 saturated heterocycles. The smallest absolute Gasteiger partial charge is 0.216 e. The number of rotatable bonds is 4. The molecule has 0 unspecified atom stereocenters. The van der Waals surface area contributed by atoms with E-state index in [1.807, 2.05) is 50.2 Å². The van der Waals surface area contributed by atoms with Gasteiger partial charge in [0.1, 0.15) is 0 Å². The fourth-order valence-corrected chi connectivity index (χ4v) is 10.1. The maximum absolute atomic E-state index is 6.23. The van der Waals surface area contributed by atoms with Crippen molar-refractivity contribution in [3.63, 3.8) is 0 Å². The summed E-state index contributed by atoms with van der Waals surface area (Å²) in [4.78, 5) is 18.9.